The van der Waals surface area contributed by atoms with Gasteiger partial charge in [-0.3, -0.25) is 5.21 Å². The fraction of sp³-hybridized carbons (Fsp3) is 0.0909. The Kier molecular flexibility index (Phi) is 6.07. The van der Waals surface area contributed by atoms with Crippen molar-refractivity contribution in [3.63, 3.8) is 0 Å². The Labute approximate surface area is 173 Å². The Bertz CT molecular complexity index is 1000. The summed E-state index contributed by atoms with van der Waals surface area (Å²) in [5.74, 6) is 1.47. The molecule has 0 fully saturated rings. The van der Waals surface area contributed by atoms with Crippen molar-refractivity contribution in [3.8, 4) is 11.5 Å². The molecule has 0 amide bonds. The molecule has 0 radical (unpaired) electrons. The molecule has 0 aliphatic carbocycles. The molecule has 0 aromatic heterocycles. The second kappa shape index (κ2) is 9.44. The second-order valence-electron chi connectivity index (χ2n) is 6.22. The molecule has 8 heteroatoms. The first-order valence-electron chi connectivity index (χ1n) is 9.29. The van der Waals surface area contributed by atoms with Crippen LogP contribution in [-0.4, -0.2) is 23.5 Å². The molecule has 30 heavy (non-hydrogen) atoms. The first-order valence-corrected chi connectivity index (χ1v) is 9.29. The van der Waals surface area contributed by atoms with E-state index >= 15 is 0 Å². The zero-order valence-electron chi connectivity index (χ0n) is 16.0. The van der Waals surface area contributed by atoms with E-state index in [-0.39, 0.29) is 5.82 Å². The lowest BCUT2D eigenvalue weighted by Crippen LogP contribution is -2.04. The van der Waals surface area contributed by atoms with Gasteiger partial charge in [-0.2, -0.15) is 0 Å². The lowest BCUT2D eigenvalue weighted by molar-refractivity contribution is 0.0105. The average molecular weight is 401 g/mol. The quantitative estimate of drug-likeness (QED) is 0.563. The first kappa shape index (κ1) is 19.3. The third kappa shape index (κ3) is 4.86. The molecule has 0 saturated heterocycles. The van der Waals surface area contributed by atoms with Crippen molar-refractivity contribution >= 4 is 11.4 Å². The van der Waals surface area contributed by atoms with E-state index in [0.29, 0.717) is 41.7 Å². The van der Waals surface area contributed by atoms with Crippen LogP contribution in [0.1, 0.15) is 0 Å². The lowest BCUT2D eigenvalue weighted by Gasteiger charge is -2.10. The van der Waals surface area contributed by atoms with Crippen molar-refractivity contribution < 1.29 is 14.7 Å². The molecule has 0 atom stereocenters. The maximum absolute atomic E-state index is 9.51. The van der Waals surface area contributed by atoms with Crippen LogP contribution in [0.5, 0.6) is 11.5 Å². The van der Waals surface area contributed by atoms with Gasteiger partial charge in [-0.25, -0.2) is 5.06 Å². The van der Waals surface area contributed by atoms with Crippen LogP contribution in [0.2, 0.25) is 0 Å². The van der Waals surface area contributed by atoms with Gasteiger partial charge in [0.25, 0.3) is 0 Å². The summed E-state index contributed by atoms with van der Waals surface area (Å²) in [6.45, 7) is 0.746. The first-order chi connectivity index (χ1) is 14.8. The summed E-state index contributed by atoms with van der Waals surface area (Å²) < 4.78 is 11.6. The number of allylic oxidation sites excluding steroid dienone is 3. The van der Waals surface area contributed by atoms with Crippen molar-refractivity contribution in [2.45, 2.75) is 0 Å². The van der Waals surface area contributed by atoms with Gasteiger partial charge >= 0.3 is 0 Å². The maximum Gasteiger partial charge on any atom is 0.203 e. The third-order valence-electron chi connectivity index (χ3n) is 4.14. The van der Waals surface area contributed by atoms with Crippen molar-refractivity contribution in [3.05, 3.63) is 96.6 Å². The van der Waals surface area contributed by atoms with Crippen LogP contribution >= 0.6 is 0 Å². The molecule has 0 bridgehead atoms. The Morgan fingerprint density at radius 3 is 1.73 bits per heavy atom. The van der Waals surface area contributed by atoms with Gasteiger partial charge < -0.3 is 9.47 Å². The van der Waals surface area contributed by atoms with Crippen LogP contribution in [0.15, 0.2) is 117 Å². The Hall–Kier alpha value is -4.04. The minimum absolute atomic E-state index is 0.271. The van der Waals surface area contributed by atoms with Gasteiger partial charge in [-0.05, 0) is 48.6 Å². The molecule has 2 heterocycles. The number of para-hydroxylation sites is 2. The highest BCUT2D eigenvalue weighted by atomic mass is 16.5. The molecule has 2 aromatic carbocycles. The van der Waals surface area contributed by atoms with Gasteiger partial charge in [0.2, 0.25) is 5.82 Å². The molecule has 150 valence electrons. The topological polar surface area (TPSA) is 91.4 Å². The van der Waals surface area contributed by atoms with E-state index in [1.807, 2.05) is 48.6 Å². The summed E-state index contributed by atoms with van der Waals surface area (Å²) in [7, 11) is 0. The van der Waals surface area contributed by atoms with E-state index in [0.717, 1.165) is 5.06 Å². The minimum atomic E-state index is 0.271. The van der Waals surface area contributed by atoms with E-state index < -0.39 is 0 Å². The van der Waals surface area contributed by atoms with E-state index in [4.69, 9.17) is 9.47 Å². The number of fused-ring (bicyclic) bond motifs is 2. The molecule has 2 aliphatic rings. The highest BCUT2D eigenvalue weighted by Gasteiger charge is 2.08. The van der Waals surface area contributed by atoms with Gasteiger partial charge in [-0.15, -0.1) is 20.5 Å². The number of rotatable bonds is 0. The Balaban J connectivity index is 1.78. The van der Waals surface area contributed by atoms with Crippen LogP contribution < -0.4 is 9.47 Å². The second-order valence-corrected chi connectivity index (χ2v) is 6.22. The van der Waals surface area contributed by atoms with Gasteiger partial charge in [0.05, 0.1) is 0 Å². The molecule has 1 N–H and O–H groups in total. The number of azo groups is 2. The molecule has 0 saturated carbocycles. The summed E-state index contributed by atoms with van der Waals surface area (Å²) in [5.41, 5.74) is 1.77. The summed E-state index contributed by atoms with van der Waals surface area (Å²) >= 11 is 0. The molecule has 8 nitrogen and oxygen atoms in total. The molecule has 0 unspecified atom stereocenters. The van der Waals surface area contributed by atoms with Crippen molar-refractivity contribution in [1.29, 1.82) is 0 Å². The monoisotopic (exact) mass is 401 g/mol. The number of hydrogen-bond acceptors (Lipinski definition) is 8. The number of nitrogens with zero attached hydrogens (tertiary/aromatic N) is 5. The number of hydrogen-bond donors (Lipinski definition) is 1. The van der Waals surface area contributed by atoms with Gasteiger partial charge in [0, 0.05) is 18.0 Å². The minimum Gasteiger partial charge on any atom is -0.487 e. The van der Waals surface area contributed by atoms with Crippen LogP contribution in [0.3, 0.4) is 0 Å². The number of ether oxygens (including phenoxy) is 2. The predicted octanol–water partition coefficient (Wildman–Crippen LogP) is 5.83. The van der Waals surface area contributed by atoms with Crippen LogP contribution in [0.25, 0.3) is 0 Å². The summed E-state index contributed by atoms with van der Waals surface area (Å²) in [4.78, 5) is 0. The highest BCUT2D eigenvalue weighted by Crippen LogP contribution is 2.31. The van der Waals surface area contributed by atoms with Gasteiger partial charge in [-0.1, -0.05) is 24.3 Å². The van der Waals surface area contributed by atoms with Crippen molar-refractivity contribution in [2.75, 3.05) is 13.2 Å². The lowest BCUT2D eigenvalue weighted by atomic mass is 10.2. The van der Waals surface area contributed by atoms with Crippen LogP contribution in [0, 0.1) is 0 Å². The fourth-order valence-corrected chi connectivity index (χ4v) is 2.64. The summed E-state index contributed by atoms with van der Waals surface area (Å²) in [6.07, 6.45) is 10.0. The normalized spacial score (nSPS) is 17.3. The molecule has 2 aliphatic heterocycles. The molecule has 0 spiro atoms. The molecular weight excluding hydrogens is 382 g/mol. The molecule has 2 aromatic rings. The zero-order valence-corrected chi connectivity index (χ0v) is 16.0. The fourth-order valence-electron chi connectivity index (χ4n) is 2.64. The third-order valence-corrected chi connectivity index (χ3v) is 4.14. The number of hydroxylamine groups is 2. The zero-order chi connectivity index (χ0) is 20.6. The molecular formula is C22H19N5O3. The summed E-state index contributed by atoms with van der Waals surface area (Å²) in [6, 6.07) is 14.7. The molecule has 4 rings (SSSR count). The Morgan fingerprint density at radius 1 is 0.700 bits per heavy atom. The highest BCUT2D eigenvalue weighted by molar-refractivity contribution is 5.52. The van der Waals surface area contributed by atoms with Crippen molar-refractivity contribution in [2.24, 2.45) is 20.5 Å². The largest absolute Gasteiger partial charge is 0.487 e. The summed E-state index contributed by atoms with van der Waals surface area (Å²) in [5, 5.41) is 27.7. The average Bonchev–Trinajstić information content (AvgIpc) is 2.78. The SMILES string of the molecule is ON1C=CC(=C2N=Nc3ccccc3OC/C=C\COc3ccccc3N=N2)C=C1. The van der Waals surface area contributed by atoms with Crippen molar-refractivity contribution in [1.82, 2.24) is 5.06 Å². The Morgan fingerprint density at radius 2 is 1.20 bits per heavy atom. The van der Waals surface area contributed by atoms with E-state index in [2.05, 4.69) is 20.5 Å². The number of benzene rings is 2. The predicted molar refractivity (Wildman–Crippen MR) is 111 cm³/mol. The van der Waals surface area contributed by atoms with E-state index in [1.165, 1.54) is 12.4 Å². The van der Waals surface area contributed by atoms with Gasteiger partial charge in [0.15, 0.2) is 0 Å². The maximum atomic E-state index is 9.51. The standard InChI is InChI=1S/C22H19N5O3/c28-27-13-11-17(12-14-27)22-25-23-18-7-1-3-9-20(18)29-15-5-6-16-30-21-10-4-2-8-19(21)24-26-22/h1-14,28H,15-16H2/b6-5-,25-23?,26-24?. The van der Waals surface area contributed by atoms with Crippen LogP contribution in [0.4, 0.5) is 11.4 Å². The smallest absolute Gasteiger partial charge is 0.203 e. The van der Waals surface area contributed by atoms with E-state index in [1.54, 1.807) is 24.3 Å². The van der Waals surface area contributed by atoms with E-state index in [9.17, 15) is 5.21 Å². The van der Waals surface area contributed by atoms with Gasteiger partial charge in [0.1, 0.15) is 36.1 Å². The van der Waals surface area contributed by atoms with Crippen LogP contribution in [-0.2, 0) is 0 Å².